The predicted octanol–water partition coefficient (Wildman–Crippen LogP) is 2.79. The quantitative estimate of drug-likeness (QED) is 0.618. The molecule has 0 N–H and O–H groups in total. The van der Waals surface area contributed by atoms with Crippen molar-refractivity contribution in [3.05, 3.63) is 29.8 Å². The molecule has 1 radical (unpaired) electrons. The van der Waals surface area contributed by atoms with E-state index in [1.165, 1.54) is 5.56 Å². The zero-order chi connectivity index (χ0) is 9.19. The van der Waals surface area contributed by atoms with Crippen LogP contribution in [0.4, 0.5) is 0 Å². The molecule has 0 unspecified atom stereocenters. The molecule has 0 aromatic heterocycles. The van der Waals surface area contributed by atoms with Crippen LogP contribution in [0.2, 0.25) is 0 Å². The Labute approximate surface area is 74.4 Å². The minimum absolute atomic E-state index is 0.197. The first kappa shape index (κ1) is 9.11. The Morgan fingerprint density at radius 2 is 1.92 bits per heavy atom. The number of methoxy groups -OCH3 is 1. The van der Waals surface area contributed by atoms with Gasteiger partial charge in [0, 0.05) is 6.07 Å². The van der Waals surface area contributed by atoms with Gasteiger partial charge in [-0.3, -0.25) is 0 Å². The molecule has 1 rings (SSSR count). The lowest BCUT2D eigenvalue weighted by molar-refractivity contribution is 0.413. The maximum atomic E-state index is 5.03. The molecule has 0 aliphatic carbocycles. The van der Waals surface area contributed by atoms with Crippen LogP contribution < -0.4 is 4.74 Å². The Hall–Kier alpha value is -0.980. The van der Waals surface area contributed by atoms with Crippen molar-refractivity contribution >= 4 is 0 Å². The summed E-state index contributed by atoms with van der Waals surface area (Å²) in [6.45, 7) is 6.55. The summed E-state index contributed by atoms with van der Waals surface area (Å²) in [6, 6.07) is 9.08. The lowest BCUT2D eigenvalue weighted by Crippen LogP contribution is -2.10. The number of hydrogen-bond donors (Lipinski definition) is 0. The fourth-order valence-electron chi connectivity index (χ4n) is 1.00. The van der Waals surface area contributed by atoms with Crippen molar-refractivity contribution in [3.8, 4) is 5.75 Å². The van der Waals surface area contributed by atoms with Crippen LogP contribution in [0.5, 0.6) is 5.75 Å². The van der Waals surface area contributed by atoms with Gasteiger partial charge in [0.05, 0.1) is 7.11 Å². The number of benzene rings is 1. The van der Waals surface area contributed by atoms with E-state index < -0.39 is 0 Å². The summed E-state index contributed by atoms with van der Waals surface area (Å²) in [4.78, 5) is 0. The molecule has 1 nitrogen and oxygen atoms in total. The van der Waals surface area contributed by atoms with Crippen molar-refractivity contribution in [2.45, 2.75) is 26.2 Å². The zero-order valence-electron chi connectivity index (χ0n) is 8.14. The molecular weight excluding hydrogens is 148 g/mol. The van der Waals surface area contributed by atoms with E-state index in [2.05, 4.69) is 32.9 Å². The van der Waals surface area contributed by atoms with Crippen LogP contribution >= 0.6 is 0 Å². The Bertz CT molecular complexity index is 241. The van der Waals surface area contributed by atoms with Crippen LogP contribution in [0.1, 0.15) is 26.3 Å². The second-order valence-electron chi connectivity index (χ2n) is 3.90. The van der Waals surface area contributed by atoms with Crippen LogP contribution in [0.3, 0.4) is 0 Å². The molecule has 12 heavy (non-hydrogen) atoms. The summed E-state index contributed by atoms with van der Waals surface area (Å²) in [5.41, 5.74) is 1.48. The van der Waals surface area contributed by atoms with Gasteiger partial charge in [0.2, 0.25) is 0 Å². The van der Waals surface area contributed by atoms with E-state index in [0.29, 0.717) is 0 Å². The van der Waals surface area contributed by atoms with Gasteiger partial charge in [-0.05, 0) is 23.1 Å². The molecule has 1 aromatic rings. The van der Waals surface area contributed by atoms with Crippen LogP contribution in [0, 0.1) is 6.07 Å². The van der Waals surface area contributed by atoms with Crippen molar-refractivity contribution in [1.82, 2.24) is 0 Å². The lowest BCUT2D eigenvalue weighted by atomic mass is 9.87. The molecule has 0 saturated heterocycles. The summed E-state index contributed by atoms with van der Waals surface area (Å²) >= 11 is 0. The van der Waals surface area contributed by atoms with E-state index in [0.717, 1.165) is 5.75 Å². The highest BCUT2D eigenvalue weighted by Gasteiger charge is 2.12. The number of hydrogen-bond acceptors (Lipinski definition) is 1. The van der Waals surface area contributed by atoms with E-state index in [1.807, 2.05) is 12.1 Å². The molecule has 0 atom stereocenters. The van der Waals surface area contributed by atoms with E-state index >= 15 is 0 Å². The molecule has 65 valence electrons. The minimum Gasteiger partial charge on any atom is -0.496 e. The highest BCUT2D eigenvalue weighted by molar-refractivity contribution is 5.29. The Kier molecular flexibility index (Phi) is 2.41. The Morgan fingerprint density at radius 1 is 1.25 bits per heavy atom. The summed E-state index contributed by atoms with van der Waals surface area (Å²) in [5.74, 6) is 0.794. The molecule has 0 aliphatic rings. The van der Waals surface area contributed by atoms with Crippen LogP contribution in [0.25, 0.3) is 0 Å². The van der Waals surface area contributed by atoms with Crippen molar-refractivity contribution in [1.29, 1.82) is 0 Å². The average molecular weight is 163 g/mol. The third kappa shape index (κ3) is 2.00. The lowest BCUT2D eigenvalue weighted by Gasteiger charge is -2.18. The standard InChI is InChI=1S/C11H15O/c1-11(2,3)9-5-7-10(12-4)8-6-9/h5-7H,1-4H3. The molecule has 1 aromatic carbocycles. The van der Waals surface area contributed by atoms with Crippen LogP contribution in [-0.4, -0.2) is 7.11 Å². The molecule has 0 amide bonds. The van der Waals surface area contributed by atoms with E-state index in [1.54, 1.807) is 7.11 Å². The molecular formula is C11H15O. The minimum atomic E-state index is 0.197. The maximum Gasteiger partial charge on any atom is 0.126 e. The molecule has 0 saturated carbocycles. The van der Waals surface area contributed by atoms with Gasteiger partial charge in [-0.15, -0.1) is 0 Å². The van der Waals surface area contributed by atoms with Gasteiger partial charge in [0.15, 0.2) is 0 Å². The molecule has 0 bridgehead atoms. The summed E-state index contributed by atoms with van der Waals surface area (Å²) in [5, 5.41) is 0. The topological polar surface area (TPSA) is 9.23 Å². The highest BCUT2D eigenvalue weighted by Crippen LogP contribution is 2.23. The van der Waals surface area contributed by atoms with Gasteiger partial charge in [0.1, 0.15) is 5.75 Å². The first-order valence-corrected chi connectivity index (χ1v) is 4.10. The Morgan fingerprint density at radius 3 is 2.25 bits per heavy atom. The van der Waals surface area contributed by atoms with E-state index in [9.17, 15) is 0 Å². The first-order valence-electron chi connectivity index (χ1n) is 4.10. The van der Waals surface area contributed by atoms with Crippen LogP contribution in [-0.2, 0) is 5.41 Å². The first-order chi connectivity index (χ1) is 5.54. The third-order valence-electron chi connectivity index (χ3n) is 1.87. The Balaban J connectivity index is 2.93. The monoisotopic (exact) mass is 163 g/mol. The largest absolute Gasteiger partial charge is 0.496 e. The number of ether oxygens (including phenoxy) is 1. The second kappa shape index (κ2) is 3.18. The summed E-state index contributed by atoms with van der Waals surface area (Å²) in [7, 11) is 1.66. The van der Waals surface area contributed by atoms with Crippen molar-refractivity contribution in [3.63, 3.8) is 0 Å². The van der Waals surface area contributed by atoms with Gasteiger partial charge in [0.25, 0.3) is 0 Å². The molecule has 0 fully saturated rings. The SMILES string of the molecule is COc1[c]cc(C(C)(C)C)cc1. The molecule has 0 spiro atoms. The van der Waals surface area contributed by atoms with Gasteiger partial charge < -0.3 is 4.74 Å². The van der Waals surface area contributed by atoms with Crippen molar-refractivity contribution in [2.24, 2.45) is 0 Å². The molecule has 1 heteroatoms. The second-order valence-corrected chi connectivity index (χ2v) is 3.90. The van der Waals surface area contributed by atoms with E-state index in [4.69, 9.17) is 4.74 Å². The van der Waals surface area contributed by atoms with Gasteiger partial charge in [-0.1, -0.05) is 26.8 Å². The predicted molar refractivity (Wildman–Crippen MR) is 50.5 cm³/mol. The van der Waals surface area contributed by atoms with Crippen LogP contribution in [0.15, 0.2) is 18.2 Å². The highest BCUT2D eigenvalue weighted by atomic mass is 16.5. The normalized spacial score (nSPS) is 11.3. The van der Waals surface area contributed by atoms with Gasteiger partial charge in [-0.2, -0.15) is 0 Å². The fourth-order valence-corrected chi connectivity index (χ4v) is 1.00. The summed E-state index contributed by atoms with van der Waals surface area (Å²) < 4.78 is 5.03. The zero-order valence-corrected chi connectivity index (χ0v) is 8.14. The number of rotatable bonds is 1. The van der Waals surface area contributed by atoms with Crippen molar-refractivity contribution < 1.29 is 4.74 Å². The molecule has 0 aliphatic heterocycles. The summed E-state index contributed by atoms with van der Waals surface area (Å²) in [6.07, 6.45) is 0. The molecule has 0 heterocycles. The third-order valence-corrected chi connectivity index (χ3v) is 1.87. The van der Waals surface area contributed by atoms with Gasteiger partial charge >= 0.3 is 0 Å². The average Bonchev–Trinajstić information content (AvgIpc) is 2.03. The van der Waals surface area contributed by atoms with E-state index in [-0.39, 0.29) is 5.41 Å². The maximum absolute atomic E-state index is 5.03. The van der Waals surface area contributed by atoms with Crippen molar-refractivity contribution in [2.75, 3.05) is 7.11 Å². The fraction of sp³-hybridized carbons (Fsp3) is 0.455. The smallest absolute Gasteiger partial charge is 0.126 e. The van der Waals surface area contributed by atoms with Gasteiger partial charge in [-0.25, -0.2) is 0 Å².